The van der Waals surface area contributed by atoms with Crippen molar-refractivity contribution in [3.63, 3.8) is 0 Å². The van der Waals surface area contributed by atoms with Crippen LogP contribution in [0.1, 0.15) is 13.3 Å². The number of benzene rings is 1. The molecule has 0 bridgehead atoms. The van der Waals surface area contributed by atoms with Crippen LogP contribution in [0.4, 0.5) is 0 Å². The van der Waals surface area contributed by atoms with Gasteiger partial charge < -0.3 is 4.74 Å². The molecule has 23 heavy (non-hydrogen) atoms. The van der Waals surface area contributed by atoms with E-state index in [-0.39, 0.29) is 23.5 Å². The molecule has 0 N–H and O–H groups in total. The van der Waals surface area contributed by atoms with Crippen molar-refractivity contribution in [1.82, 2.24) is 10.0 Å². The summed E-state index contributed by atoms with van der Waals surface area (Å²) in [6.07, 6.45) is -0.290. The third-order valence-electron chi connectivity index (χ3n) is 3.69. The third kappa shape index (κ3) is 4.59. The van der Waals surface area contributed by atoms with Crippen LogP contribution in [0.3, 0.4) is 0 Å². The maximum Gasteiger partial charge on any atom is 0.277 e. The largest absolute Gasteiger partial charge is 0.481 e. The molecule has 2 atom stereocenters. The number of halogens is 1. The van der Waals surface area contributed by atoms with Gasteiger partial charge in [-0.3, -0.25) is 9.80 Å². The quantitative estimate of drug-likeness (QED) is 0.746. The highest BCUT2D eigenvalue weighted by molar-refractivity contribution is 7.91. The smallest absolute Gasteiger partial charge is 0.277 e. The summed E-state index contributed by atoms with van der Waals surface area (Å²) < 4.78 is 29.0. The molecule has 1 amide bonds. The summed E-state index contributed by atoms with van der Waals surface area (Å²) in [5, 5.41) is 3.68. The second-order valence-corrected chi connectivity index (χ2v) is 8.47. The normalized spacial score (nSPS) is 21.2. The van der Waals surface area contributed by atoms with Crippen LogP contribution in [0, 0.1) is 0 Å². The molecular formula is C15H21ClN2O4S. The molecule has 2 rings (SSSR count). The highest BCUT2D eigenvalue weighted by atomic mass is 35.5. The lowest BCUT2D eigenvalue weighted by Gasteiger charge is -2.35. The Morgan fingerprint density at radius 1 is 1.30 bits per heavy atom. The minimum atomic E-state index is -3.07. The maximum atomic E-state index is 12.7. The Labute approximate surface area is 141 Å². The Morgan fingerprint density at radius 3 is 2.39 bits per heavy atom. The number of hydrogen-bond donors (Lipinski definition) is 0. The third-order valence-corrected chi connectivity index (χ3v) is 5.69. The number of ether oxygens (including phenoxy) is 1. The predicted octanol–water partition coefficient (Wildman–Crippen LogP) is 1.60. The number of amides is 1. The molecule has 8 heteroatoms. The topological polar surface area (TPSA) is 66.9 Å². The van der Waals surface area contributed by atoms with Gasteiger partial charge in [0.15, 0.2) is 15.9 Å². The summed E-state index contributed by atoms with van der Waals surface area (Å²) in [6.45, 7) is 1.65. The lowest BCUT2D eigenvalue weighted by atomic mass is 10.2. The number of sulfone groups is 1. The SMILES string of the molecule is CC(Oc1ccc(Cl)cc1)C(=O)N(C1CCS(=O)(=O)C1)N(C)C. The number of nitrogens with zero attached hydrogens (tertiary/aromatic N) is 2. The minimum Gasteiger partial charge on any atom is -0.481 e. The van der Waals surface area contributed by atoms with E-state index in [1.54, 1.807) is 50.3 Å². The minimum absolute atomic E-state index is 0.00934. The van der Waals surface area contributed by atoms with Gasteiger partial charge in [-0.05, 0) is 37.6 Å². The van der Waals surface area contributed by atoms with Crippen LogP contribution in [0.25, 0.3) is 0 Å². The van der Waals surface area contributed by atoms with E-state index in [4.69, 9.17) is 16.3 Å². The van der Waals surface area contributed by atoms with Gasteiger partial charge in [0.05, 0.1) is 17.5 Å². The fourth-order valence-electron chi connectivity index (χ4n) is 2.63. The molecule has 0 aromatic heterocycles. The molecule has 0 aliphatic carbocycles. The van der Waals surface area contributed by atoms with Crippen molar-refractivity contribution in [2.24, 2.45) is 0 Å². The van der Waals surface area contributed by atoms with E-state index in [0.29, 0.717) is 17.2 Å². The average molecular weight is 361 g/mol. The lowest BCUT2D eigenvalue weighted by Crippen LogP contribution is -2.53. The number of rotatable bonds is 5. The van der Waals surface area contributed by atoms with Gasteiger partial charge in [0.25, 0.3) is 5.91 Å². The van der Waals surface area contributed by atoms with Gasteiger partial charge in [-0.2, -0.15) is 0 Å². The van der Waals surface area contributed by atoms with E-state index in [1.807, 2.05) is 0 Å². The van der Waals surface area contributed by atoms with E-state index in [2.05, 4.69) is 0 Å². The molecule has 2 unspecified atom stereocenters. The molecule has 1 fully saturated rings. The first-order chi connectivity index (χ1) is 10.7. The zero-order chi connectivity index (χ0) is 17.2. The van der Waals surface area contributed by atoms with Crippen molar-refractivity contribution in [3.8, 4) is 5.75 Å². The Kier molecular flexibility index (Phi) is 5.54. The molecule has 1 aliphatic rings. The molecule has 6 nitrogen and oxygen atoms in total. The van der Waals surface area contributed by atoms with Gasteiger partial charge in [-0.1, -0.05) is 11.6 Å². The summed E-state index contributed by atoms with van der Waals surface area (Å²) in [5.41, 5.74) is 0. The number of hydrazine groups is 1. The molecule has 1 aromatic carbocycles. The van der Waals surface area contributed by atoms with E-state index >= 15 is 0 Å². The van der Waals surface area contributed by atoms with E-state index < -0.39 is 15.9 Å². The molecule has 1 saturated heterocycles. The van der Waals surface area contributed by atoms with E-state index in [1.165, 1.54) is 5.01 Å². The molecule has 1 heterocycles. The standard InChI is InChI=1S/C15H21ClN2O4S/c1-11(22-14-6-4-12(16)5-7-14)15(19)18(17(2)3)13-8-9-23(20,21)10-13/h4-7,11,13H,8-10H2,1-3H3. The number of hydrogen-bond acceptors (Lipinski definition) is 5. The van der Waals surface area contributed by atoms with Gasteiger partial charge in [0.1, 0.15) is 5.75 Å². The molecule has 0 radical (unpaired) electrons. The highest BCUT2D eigenvalue weighted by Crippen LogP contribution is 2.21. The fourth-order valence-corrected chi connectivity index (χ4v) is 4.44. The van der Waals surface area contributed by atoms with E-state index in [9.17, 15) is 13.2 Å². The lowest BCUT2D eigenvalue weighted by molar-refractivity contribution is -0.156. The van der Waals surface area contributed by atoms with Gasteiger partial charge in [-0.25, -0.2) is 13.4 Å². The van der Waals surface area contributed by atoms with Crippen LogP contribution < -0.4 is 4.74 Å². The Hall–Kier alpha value is -1.31. The van der Waals surface area contributed by atoms with Gasteiger partial charge in [0, 0.05) is 19.1 Å². The maximum absolute atomic E-state index is 12.7. The van der Waals surface area contributed by atoms with Crippen LogP contribution in [0.15, 0.2) is 24.3 Å². The van der Waals surface area contributed by atoms with Gasteiger partial charge in [-0.15, -0.1) is 0 Å². The fraction of sp³-hybridized carbons (Fsp3) is 0.533. The summed E-state index contributed by atoms with van der Waals surface area (Å²) in [6, 6.07) is 6.39. The molecule has 1 aromatic rings. The van der Waals surface area contributed by atoms with Crippen LogP contribution in [0.2, 0.25) is 5.02 Å². The first-order valence-corrected chi connectivity index (χ1v) is 9.52. The monoisotopic (exact) mass is 360 g/mol. The van der Waals surface area contributed by atoms with Gasteiger partial charge in [0.2, 0.25) is 0 Å². The predicted molar refractivity (Wildman–Crippen MR) is 89.1 cm³/mol. The summed E-state index contributed by atoms with van der Waals surface area (Å²) in [4.78, 5) is 12.7. The zero-order valence-corrected chi connectivity index (χ0v) is 15.0. The van der Waals surface area contributed by atoms with Crippen LogP contribution in [0.5, 0.6) is 5.75 Å². The molecular weight excluding hydrogens is 340 g/mol. The molecule has 0 saturated carbocycles. The second kappa shape index (κ2) is 7.07. The number of carbonyl (C=O) groups excluding carboxylic acids is 1. The highest BCUT2D eigenvalue weighted by Gasteiger charge is 2.37. The van der Waals surface area contributed by atoms with E-state index in [0.717, 1.165) is 0 Å². The zero-order valence-electron chi connectivity index (χ0n) is 13.4. The Bertz CT molecular complexity index is 661. The summed E-state index contributed by atoms with van der Waals surface area (Å²) in [7, 11) is 0.367. The molecule has 128 valence electrons. The van der Waals surface area contributed by atoms with Crippen molar-refractivity contribution in [2.75, 3.05) is 25.6 Å². The van der Waals surface area contributed by atoms with Crippen LogP contribution >= 0.6 is 11.6 Å². The van der Waals surface area contributed by atoms with Crippen LogP contribution in [-0.4, -0.2) is 62.1 Å². The summed E-state index contributed by atoms with van der Waals surface area (Å²) >= 11 is 5.82. The van der Waals surface area contributed by atoms with Crippen LogP contribution in [-0.2, 0) is 14.6 Å². The summed E-state index contributed by atoms with van der Waals surface area (Å²) in [5.74, 6) is 0.367. The van der Waals surface area contributed by atoms with Crippen molar-refractivity contribution >= 4 is 27.3 Å². The Morgan fingerprint density at radius 2 is 1.91 bits per heavy atom. The van der Waals surface area contributed by atoms with Gasteiger partial charge >= 0.3 is 0 Å². The second-order valence-electron chi connectivity index (χ2n) is 5.80. The number of carbonyl (C=O) groups is 1. The van der Waals surface area contributed by atoms with Crippen molar-refractivity contribution in [1.29, 1.82) is 0 Å². The molecule has 1 aliphatic heterocycles. The van der Waals surface area contributed by atoms with Crippen molar-refractivity contribution in [2.45, 2.75) is 25.5 Å². The molecule has 0 spiro atoms. The Balaban J connectivity index is 2.09. The van der Waals surface area contributed by atoms with Crippen molar-refractivity contribution in [3.05, 3.63) is 29.3 Å². The van der Waals surface area contributed by atoms with Crippen molar-refractivity contribution < 1.29 is 17.9 Å². The average Bonchev–Trinajstić information content (AvgIpc) is 2.81. The first-order valence-electron chi connectivity index (χ1n) is 7.32. The first kappa shape index (κ1) is 18.0.